The Kier molecular flexibility index (Phi) is 3.79. The Morgan fingerprint density at radius 2 is 1.95 bits per heavy atom. The minimum Gasteiger partial charge on any atom is -0.365 e. The Morgan fingerprint density at radius 3 is 2.58 bits per heavy atom. The molecule has 2 heterocycles. The van der Waals surface area contributed by atoms with E-state index in [1.165, 1.54) is 43.4 Å². The Morgan fingerprint density at radius 1 is 1.21 bits per heavy atom. The molecule has 2 nitrogen and oxygen atoms in total. The molecule has 0 saturated carbocycles. The minimum atomic E-state index is 0.723. The third-order valence-electron chi connectivity index (χ3n) is 5.00. The third kappa shape index (κ3) is 2.51. The fourth-order valence-corrected chi connectivity index (χ4v) is 3.98. The summed E-state index contributed by atoms with van der Waals surface area (Å²) in [5.74, 6) is 0. The average molecular weight is 258 g/mol. The highest BCUT2D eigenvalue weighted by atomic mass is 15.2. The molecule has 2 atom stereocenters. The van der Waals surface area contributed by atoms with Crippen molar-refractivity contribution >= 4 is 5.69 Å². The van der Waals surface area contributed by atoms with Crippen molar-refractivity contribution in [3.05, 3.63) is 29.8 Å². The van der Waals surface area contributed by atoms with Gasteiger partial charge < -0.3 is 10.2 Å². The van der Waals surface area contributed by atoms with E-state index in [4.69, 9.17) is 0 Å². The average Bonchev–Trinajstić information content (AvgIpc) is 2.46. The number of anilines is 1. The quantitative estimate of drug-likeness (QED) is 0.894. The van der Waals surface area contributed by atoms with Crippen LogP contribution in [0.15, 0.2) is 24.3 Å². The number of hydrogen-bond acceptors (Lipinski definition) is 2. The van der Waals surface area contributed by atoms with Gasteiger partial charge in [-0.25, -0.2) is 0 Å². The number of aryl methyl sites for hydroxylation is 1. The molecule has 3 rings (SSSR count). The number of nitrogens with one attached hydrogen (secondary N) is 1. The van der Waals surface area contributed by atoms with Crippen LogP contribution in [0.2, 0.25) is 0 Å². The van der Waals surface area contributed by atoms with Crippen molar-refractivity contribution in [2.45, 2.75) is 63.6 Å². The van der Waals surface area contributed by atoms with Gasteiger partial charge in [0.25, 0.3) is 0 Å². The van der Waals surface area contributed by atoms with Crippen LogP contribution in [0.1, 0.15) is 44.6 Å². The lowest BCUT2D eigenvalue weighted by atomic mass is 9.81. The van der Waals surface area contributed by atoms with E-state index < -0.39 is 0 Å². The van der Waals surface area contributed by atoms with Gasteiger partial charge in [0.05, 0.1) is 0 Å². The maximum Gasteiger partial charge on any atom is 0.0373 e. The Labute approximate surface area is 117 Å². The number of nitrogens with zero attached hydrogens (tertiary/aromatic N) is 1. The monoisotopic (exact) mass is 258 g/mol. The zero-order chi connectivity index (χ0) is 13.2. The van der Waals surface area contributed by atoms with Crippen molar-refractivity contribution in [3.63, 3.8) is 0 Å². The van der Waals surface area contributed by atoms with Gasteiger partial charge in [0, 0.05) is 23.8 Å². The summed E-state index contributed by atoms with van der Waals surface area (Å²) in [5, 5.41) is 3.50. The summed E-state index contributed by atoms with van der Waals surface area (Å²) in [6, 6.07) is 11.4. The van der Waals surface area contributed by atoms with E-state index in [0.29, 0.717) is 0 Å². The first kappa shape index (κ1) is 13.0. The highest BCUT2D eigenvalue weighted by molar-refractivity contribution is 5.51. The van der Waals surface area contributed by atoms with Gasteiger partial charge in [0.2, 0.25) is 0 Å². The molecule has 104 valence electrons. The van der Waals surface area contributed by atoms with Gasteiger partial charge >= 0.3 is 0 Å². The maximum atomic E-state index is 3.50. The minimum absolute atomic E-state index is 0.723. The van der Waals surface area contributed by atoms with Crippen molar-refractivity contribution < 1.29 is 0 Å². The molecule has 1 aromatic rings. The maximum absolute atomic E-state index is 3.50. The van der Waals surface area contributed by atoms with Gasteiger partial charge in [-0.1, -0.05) is 19.1 Å². The van der Waals surface area contributed by atoms with Crippen molar-refractivity contribution in [2.24, 2.45) is 0 Å². The van der Waals surface area contributed by atoms with Crippen molar-refractivity contribution in [1.82, 2.24) is 5.32 Å². The van der Waals surface area contributed by atoms with Crippen LogP contribution < -0.4 is 10.2 Å². The summed E-state index contributed by atoms with van der Waals surface area (Å²) in [6.45, 7) is 2.24. The van der Waals surface area contributed by atoms with E-state index in [0.717, 1.165) is 24.5 Å². The third-order valence-corrected chi connectivity index (χ3v) is 5.00. The summed E-state index contributed by atoms with van der Waals surface area (Å²) < 4.78 is 0. The fourth-order valence-electron chi connectivity index (χ4n) is 3.98. The van der Waals surface area contributed by atoms with Crippen molar-refractivity contribution in [2.75, 3.05) is 11.9 Å². The molecular weight excluding hydrogens is 232 g/mol. The number of benzene rings is 1. The second kappa shape index (κ2) is 5.54. The molecule has 1 aromatic carbocycles. The topological polar surface area (TPSA) is 15.3 Å². The summed E-state index contributed by atoms with van der Waals surface area (Å²) in [7, 11) is 2.12. The van der Waals surface area contributed by atoms with E-state index >= 15 is 0 Å². The number of hydrogen-bond donors (Lipinski definition) is 1. The molecule has 2 fully saturated rings. The Balaban J connectivity index is 1.87. The first-order chi connectivity index (χ1) is 9.31. The predicted octanol–water partition coefficient (Wildman–Crippen LogP) is 3.36. The van der Waals surface area contributed by atoms with E-state index in [1.54, 1.807) is 0 Å². The van der Waals surface area contributed by atoms with Crippen LogP contribution in [0.3, 0.4) is 0 Å². The highest BCUT2D eigenvalue weighted by Crippen LogP contribution is 2.37. The molecule has 0 spiro atoms. The largest absolute Gasteiger partial charge is 0.365 e. The first-order valence-electron chi connectivity index (χ1n) is 7.86. The molecule has 2 unspecified atom stereocenters. The standard InChI is InChI=1S/C17H26N2/c1-3-13-6-4-7-15(10-13)19-16-8-5-9-17(19)12-14(11-16)18-2/h4,6-7,10,14,16-18H,3,5,8-9,11-12H2,1-2H3. The zero-order valence-corrected chi connectivity index (χ0v) is 12.2. The molecule has 1 N–H and O–H groups in total. The van der Waals surface area contributed by atoms with Gasteiger partial charge in [-0.3, -0.25) is 0 Å². The lowest BCUT2D eigenvalue weighted by Gasteiger charge is -2.50. The van der Waals surface area contributed by atoms with E-state index in [-0.39, 0.29) is 0 Å². The van der Waals surface area contributed by atoms with Gasteiger partial charge in [0.15, 0.2) is 0 Å². The second-order valence-electron chi connectivity index (χ2n) is 6.13. The Bertz CT molecular complexity index is 415. The summed E-state index contributed by atoms with van der Waals surface area (Å²) in [5.41, 5.74) is 2.93. The molecule has 2 aliphatic heterocycles. The van der Waals surface area contributed by atoms with Gasteiger partial charge in [-0.05, 0) is 63.3 Å². The molecule has 0 aromatic heterocycles. The highest BCUT2D eigenvalue weighted by Gasteiger charge is 2.37. The molecule has 2 heteroatoms. The summed E-state index contributed by atoms with van der Waals surface area (Å²) in [4.78, 5) is 2.73. The molecule has 0 amide bonds. The van der Waals surface area contributed by atoms with Crippen molar-refractivity contribution in [3.8, 4) is 0 Å². The van der Waals surface area contributed by atoms with E-state index in [1.807, 2.05) is 0 Å². The fraction of sp³-hybridized carbons (Fsp3) is 0.647. The lowest BCUT2D eigenvalue weighted by molar-refractivity contribution is 0.252. The van der Waals surface area contributed by atoms with Crippen LogP contribution in [0.4, 0.5) is 5.69 Å². The molecule has 2 aliphatic rings. The molecule has 2 bridgehead atoms. The number of piperidine rings is 2. The van der Waals surface area contributed by atoms with Crippen LogP contribution in [0, 0.1) is 0 Å². The summed E-state index contributed by atoms with van der Waals surface area (Å²) >= 11 is 0. The SMILES string of the molecule is CCc1cccc(N2C3CCCC2CC(NC)C3)c1. The van der Waals surface area contributed by atoms with Gasteiger partial charge in [0.1, 0.15) is 0 Å². The van der Waals surface area contributed by atoms with Crippen LogP contribution in [-0.2, 0) is 6.42 Å². The number of fused-ring (bicyclic) bond motifs is 2. The van der Waals surface area contributed by atoms with Crippen LogP contribution in [0.5, 0.6) is 0 Å². The second-order valence-corrected chi connectivity index (χ2v) is 6.13. The van der Waals surface area contributed by atoms with Gasteiger partial charge in [-0.15, -0.1) is 0 Å². The zero-order valence-electron chi connectivity index (χ0n) is 12.2. The molecule has 2 saturated heterocycles. The summed E-state index contributed by atoms with van der Waals surface area (Å²) in [6.07, 6.45) is 7.90. The van der Waals surface area contributed by atoms with Crippen LogP contribution >= 0.6 is 0 Å². The normalized spacial score (nSPS) is 30.4. The predicted molar refractivity (Wildman–Crippen MR) is 81.8 cm³/mol. The number of rotatable bonds is 3. The van der Waals surface area contributed by atoms with Crippen LogP contribution in [0.25, 0.3) is 0 Å². The van der Waals surface area contributed by atoms with Crippen molar-refractivity contribution in [1.29, 1.82) is 0 Å². The van der Waals surface area contributed by atoms with Gasteiger partial charge in [-0.2, -0.15) is 0 Å². The molecule has 0 aliphatic carbocycles. The molecule has 19 heavy (non-hydrogen) atoms. The smallest absolute Gasteiger partial charge is 0.0373 e. The first-order valence-corrected chi connectivity index (χ1v) is 7.86. The van der Waals surface area contributed by atoms with E-state index in [2.05, 4.69) is 48.5 Å². The Hall–Kier alpha value is -1.02. The molecular formula is C17H26N2. The molecule has 0 radical (unpaired) electrons. The van der Waals surface area contributed by atoms with E-state index in [9.17, 15) is 0 Å². The lowest BCUT2D eigenvalue weighted by Crippen LogP contribution is -2.56. The van der Waals surface area contributed by atoms with Crippen LogP contribution in [-0.4, -0.2) is 25.2 Å².